The van der Waals surface area contributed by atoms with Crippen LogP contribution in [-0.4, -0.2) is 120 Å². The van der Waals surface area contributed by atoms with Gasteiger partial charge in [-0.2, -0.15) is 0 Å². The third-order valence-corrected chi connectivity index (χ3v) is 20.6. The van der Waals surface area contributed by atoms with E-state index < -0.39 is 64.5 Å². The number of aromatic hydroxyl groups is 1. The number of nitro benzene ring substituents is 1. The third-order valence-electron chi connectivity index (χ3n) is 18.7. The van der Waals surface area contributed by atoms with Gasteiger partial charge in [-0.15, -0.1) is 10.2 Å². The summed E-state index contributed by atoms with van der Waals surface area (Å²) in [7, 11) is 1.46. The number of aromatic nitrogens is 7. The molecule has 9 rings (SSSR count). The number of hydrogen-bond donors (Lipinski definition) is 4. The van der Waals surface area contributed by atoms with Crippen molar-refractivity contribution in [2.45, 2.75) is 206 Å². The van der Waals surface area contributed by atoms with E-state index in [0.717, 1.165) is 50.5 Å². The van der Waals surface area contributed by atoms with Crippen LogP contribution < -0.4 is 30.3 Å². The largest absolute Gasteiger partial charge is 0.506 e. The van der Waals surface area contributed by atoms with Gasteiger partial charge in [0.1, 0.15) is 23.6 Å². The van der Waals surface area contributed by atoms with Gasteiger partial charge >= 0.3 is 29.7 Å². The van der Waals surface area contributed by atoms with Gasteiger partial charge in [0.25, 0.3) is 17.7 Å². The maximum absolute atomic E-state index is 14.2. The Balaban J connectivity index is 0.000000293. The molecule has 0 aliphatic heterocycles. The number of thioether (sulfide) groups is 1. The summed E-state index contributed by atoms with van der Waals surface area (Å²) in [6.45, 7) is 12.2. The molecule has 4 N–H and O–H groups in total. The molecular weight excluding hydrogens is 1560 g/mol. The van der Waals surface area contributed by atoms with E-state index in [1.807, 2.05) is 26.8 Å². The van der Waals surface area contributed by atoms with Gasteiger partial charge in [-0.05, 0) is 133 Å². The summed E-state index contributed by atoms with van der Waals surface area (Å²) >= 11 is 20.1. The van der Waals surface area contributed by atoms with Crippen molar-refractivity contribution in [3.05, 3.63) is 175 Å². The highest BCUT2D eigenvalue weighted by atomic mass is 35.5. The number of carbonyl (C=O) groups excluding carboxylic acids is 7. The van der Waals surface area contributed by atoms with Crippen molar-refractivity contribution in [1.29, 1.82) is 0 Å². The number of para-hydroxylation sites is 1. The first-order valence-electron chi connectivity index (χ1n) is 39.1. The topological polar surface area (TPSA) is 343 Å². The van der Waals surface area contributed by atoms with E-state index in [1.54, 1.807) is 78.9 Å². The second-order valence-electron chi connectivity index (χ2n) is 28.0. The van der Waals surface area contributed by atoms with Gasteiger partial charge in [-0.25, -0.2) is 23.7 Å². The van der Waals surface area contributed by atoms with Crippen LogP contribution in [-0.2, 0) is 52.1 Å². The molecule has 0 spiro atoms. The summed E-state index contributed by atoms with van der Waals surface area (Å²) < 4.78 is 29.6. The molecule has 0 aliphatic rings. The van der Waals surface area contributed by atoms with Crippen molar-refractivity contribution in [3.8, 4) is 17.2 Å². The Morgan fingerprint density at radius 1 is 0.626 bits per heavy atom. The molecule has 2 heterocycles. The fraction of sp³-hybridized carbons (Fsp3) is 0.429. The van der Waals surface area contributed by atoms with Gasteiger partial charge in [0.15, 0.2) is 6.10 Å². The van der Waals surface area contributed by atoms with Crippen LogP contribution in [0.25, 0.3) is 21.8 Å². The van der Waals surface area contributed by atoms with Gasteiger partial charge in [-0.1, -0.05) is 244 Å². The predicted octanol–water partition coefficient (Wildman–Crippen LogP) is 19.9. The van der Waals surface area contributed by atoms with Crippen molar-refractivity contribution < 1.29 is 67.3 Å². The van der Waals surface area contributed by atoms with Crippen LogP contribution in [0.5, 0.6) is 17.2 Å². The van der Waals surface area contributed by atoms with Gasteiger partial charge in [0.2, 0.25) is 16.9 Å². The maximum atomic E-state index is 14.2. The molecule has 0 fully saturated rings. The van der Waals surface area contributed by atoms with Crippen LogP contribution in [0, 0.1) is 16.0 Å². The normalized spacial score (nSPS) is 11.6. The van der Waals surface area contributed by atoms with E-state index in [0.29, 0.717) is 78.2 Å². The summed E-state index contributed by atoms with van der Waals surface area (Å²) in [6.07, 6.45) is 21.0. The fourth-order valence-electron chi connectivity index (χ4n) is 12.4. The average molecular weight is 1660 g/mol. The van der Waals surface area contributed by atoms with Crippen LogP contribution in [0.2, 0.25) is 15.1 Å². The number of fused-ring (bicyclic) bond motifs is 2. The number of phenolic OH excluding ortho intramolecular Hbond substituents is 1. The molecule has 7 aromatic carbocycles. The smallest absolute Gasteiger partial charge is 0.420 e. The lowest BCUT2D eigenvalue weighted by atomic mass is 10.0. The van der Waals surface area contributed by atoms with E-state index in [1.165, 1.54) is 160 Å². The van der Waals surface area contributed by atoms with Gasteiger partial charge in [0, 0.05) is 34.2 Å². The molecule has 0 aliphatic carbocycles. The minimum absolute atomic E-state index is 0.0180. The molecule has 2 unspecified atom stereocenters. The van der Waals surface area contributed by atoms with Crippen molar-refractivity contribution in [1.82, 2.24) is 35.2 Å². The number of benzene rings is 7. The highest BCUT2D eigenvalue weighted by Crippen LogP contribution is 2.39. The number of nitro groups is 1. The van der Waals surface area contributed by atoms with Crippen molar-refractivity contribution >= 4 is 139 Å². The molecule has 115 heavy (non-hydrogen) atoms. The SMILES string of the molecule is CCCCCCCCCCCCN(C(=O)Oc1ccc(CSc2nnnn2CC(=O)OCC(C)C)cc1[N+](=O)[O-])c1cccc2c(O)c(C(=O)Nc3cc(Cl)ccc3OC)ccc12.CCCCCCCCCCCCOC(=O)C(C)OC(=O)c1ccc(Cl)c(NC(=O)C(C(=O)Nc2cc(CC)ccc2Cl)n2nnc3ccccc32)c1. The number of carbonyl (C=O) groups is 7. The van der Waals surface area contributed by atoms with Gasteiger partial charge < -0.3 is 44.7 Å². The van der Waals surface area contributed by atoms with Crippen LogP contribution in [0.1, 0.15) is 208 Å². The monoisotopic (exact) mass is 1650 g/mol. The molecule has 614 valence electrons. The Kier molecular flexibility index (Phi) is 36.7. The number of esters is 3. The molecule has 0 saturated heterocycles. The van der Waals surface area contributed by atoms with Crippen LogP contribution >= 0.6 is 46.6 Å². The molecule has 9 aromatic rings. The number of phenols is 1. The van der Waals surface area contributed by atoms with Crippen molar-refractivity contribution in [2.24, 2.45) is 5.92 Å². The minimum atomic E-state index is -1.56. The number of methoxy groups -OCH3 is 1. The minimum Gasteiger partial charge on any atom is -0.506 e. The Morgan fingerprint density at radius 2 is 1.25 bits per heavy atom. The lowest BCUT2D eigenvalue weighted by Gasteiger charge is -2.24. The van der Waals surface area contributed by atoms with E-state index in [4.69, 9.17) is 58.5 Å². The van der Waals surface area contributed by atoms with Crippen LogP contribution in [0.4, 0.5) is 33.2 Å². The number of ether oxygens (including phenoxy) is 5. The zero-order valence-electron chi connectivity index (χ0n) is 66.0. The number of tetrazole rings is 1. The number of rotatable bonds is 44. The van der Waals surface area contributed by atoms with E-state index >= 15 is 0 Å². The number of amides is 4. The van der Waals surface area contributed by atoms with Crippen molar-refractivity contribution in [3.63, 3.8) is 0 Å². The number of halogens is 3. The zero-order valence-corrected chi connectivity index (χ0v) is 69.1. The lowest BCUT2D eigenvalue weighted by Crippen LogP contribution is -2.37. The molecule has 2 aromatic heterocycles. The number of unbranched alkanes of at least 4 members (excludes halogenated alkanes) is 18. The summed E-state index contributed by atoms with van der Waals surface area (Å²) in [5.41, 5.74) is 2.97. The van der Waals surface area contributed by atoms with E-state index in [9.17, 15) is 48.8 Å². The Hall–Kier alpha value is -10.4. The molecule has 0 bridgehead atoms. The highest BCUT2D eigenvalue weighted by molar-refractivity contribution is 7.98. The number of anilines is 4. The van der Waals surface area contributed by atoms with E-state index in [-0.39, 0.29) is 71.3 Å². The first kappa shape index (κ1) is 90.1. The lowest BCUT2D eigenvalue weighted by molar-refractivity contribution is -0.385. The molecule has 4 amide bonds. The highest BCUT2D eigenvalue weighted by Gasteiger charge is 2.34. The average Bonchev–Trinajstić information content (AvgIpc) is 1.77. The molecule has 2 atom stereocenters. The summed E-state index contributed by atoms with van der Waals surface area (Å²) in [5.74, 6) is -3.96. The first-order chi connectivity index (χ1) is 55.5. The maximum Gasteiger partial charge on any atom is 0.420 e. The van der Waals surface area contributed by atoms with Crippen LogP contribution in [0.3, 0.4) is 0 Å². The molecule has 0 saturated carbocycles. The van der Waals surface area contributed by atoms with Gasteiger partial charge in [0.05, 0.1) is 74.7 Å². The van der Waals surface area contributed by atoms with Gasteiger partial charge in [-0.3, -0.25) is 34.2 Å². The molecular formula is C84H101Cl3N12O15S. The Morgan fingerprint density at radius 3 is 1.90 bits per heavy atom. The van der Waals surface area contributed by atoms with Crippen LogP contribution in [0.15, 0.2) is 133 Å². The molecule has 0 radical (unpaired) electrons. The number of nitrogens with zero attached hydrogens (tertiary/aromatic N) is 9. The summed E-state index contributed by atoms with van der Waals surface area (Å²) in [6, 6.07) is 31.8. The second kappa shape index (κ2) is 46.8. The molecule has 27 nitrogen and oxygen atoms in total. The van der Waals surface area contributed by atoms with E-state index in [2.05, 4.69) is 55.6 Å². The second-order valence-corrected chi connectivity index (χ2v) is 30.2. The summed E-state index contributed by atoms with van der Waals surface area (Å²) in [5, 5.41) is 53.5. The number of aryl methyl sites for hydroxylation is 1. The Labute approximate surface area is 688 Å². The third kappa shape index (κ3) is 27.4. The quantitative estimate of drug-likeness (QED) is 0.00524. The Bertz CT molecular complexity index is 4770. The molecule has 31 heteroatoms. The fourth-order valence-corrected chi connectivity index (χ4v) is 13.7. The zero-order chi connectivity index (χ0) is 82.8. The standard InChI is InChI=1S/C45H54ClN7O9S.C39H47Cl2N5O6/c1-5-6-7-8-9-10-11-12-13-14-24-51(37-17-15-16-34-33(37)20-21-35(42(34)55)43(56)47-36-26-32(46)19-23-39(36)60-4)45(57)62-40-22-18-31(25-38(40)53(58)59)29-63-44-48-49-50-52(44)27-41(54)61-28-30(2)3;1-4-6-7-8-9-10-11-12-13-16-23-51-38(49)26(3)52-39(50)28-20-22-30(41)33(25-28)43-37(48)35(46-34-18-15-14-17-31(34)44-45-46)36(47)42-32-24-27(5-2)19-21-29(32)40/h15-23,25-26,30,55H,5-14,24,27-29H2,1-4H3,(H,47,56);14-15,17-22,24-26,35H,4-13,16,23H2,1-3H3,(H,42,47)(H,43,48). The number of nitrogens with one attached hydrogen (secondary N) is 3. The first-order valence-corrected chi connectivity index (χ1v) is 41.2. The predicted molar refractivity (Wildman–Crippen MR) is 447 cm³/mol. The summed E-state index contributed by atoms with van der Waals surface area (Å²) in [4.78, 5) is 106. The number of hydrogen-bond acceptors (Lipinski definition) is 21. The van der Waals surface area contributed by atoms with Crippen molar-refractivity contribution in [2.75, 3.05) is 47.7 Å².